The molecule has 0 radical (unpaired) electrons. The molecule has 2 aromatic rings. The van der Waals surface area contributed by atoms with E-state index >= 15 is 0 Å². The Balaban J connectivity index is 1.92. The van der Waals surface area contributed by atoms with Gasteiger partial charge in [0.2, 0.25) is 0 Å². The van der Waals surface area contributed by atoms with Gasteiger partial charge in [-0.15, -0.1) is 0 Å². The van der Waals surface area contributed by atoms with Gasteiger partial charge in [-0.2, -0.15) is 0 Å². The van der Waals surface area contributed by atoms with Gasteiger partial charge < -0.3 is 5.32 Å². The van der Waals surface area contributed by atoms with E-state index in [1.165, 1.54) is 24.3 Å². The lowest BCUT2D eigenvalue weighted by molar-refractivity contribution is -0.384. The monoisotopic (exact) mass is 278 g/mol. The summed E-state index contributed by atoms with van der Waals surface area (Å²) in [5, 5.41) is 13.3. The van der Waals surface area contributed by atoms with Crippen molar-refractivity contribution in [2.24, 2.45) is 0 Å². The van der Waals surface area contributed by atoms with Crippen LogP contribution in [0.1, 0.15) is 5.56 Å². The smallest absolute Gasteiger partial charge is 0.269 e. The third-order valence-corrected chi connectivity index (χ3v) is 2.83. The van der Waals surface area contributed by atoms with E-state index in [4.69, 9.17) is 0 Å². The van der Waals surface area contributed by atoms with Crippen LogP contribution in [0.2, 0.25) is 0 Å². The van der Waals surface area contributed by atoms with Crippen molar-refractivity contribution in [2.75, 3.05) is 11.9 Å². The molecule has 0 atom stereocenters. The van der Waals surface area contributed by atoms with Crippen molar-refractivity contribution in [3.05, 3.63) is 69.8 Å². The molecule has 0 aliphatic carbocycles. The Hall–Kier alpha value is -2.50. The fourth-order valence-corrected chi connectivity index (χ4v) is 1.77. The highest BCUT2D eigenvalue weighted by atomic mass is 19.2. The second kappa shape index (κ2) is 6.10. The Morgan fingerprint density at radius 1 is 1.10 bits per heavy atom. The van der Waals surface area contributed by atoms with Crippen LogP contribution in [-0.4, -0.2) is 11.5 Å². The molecule has 0 heterocycles. The Labute approximate surface area is 114 Å². The van der Waals surface area contributed by atoms with E-state index in [0.717, 1.165) is 11.6 Å². The van der Waals surface area contributed by atoms with Gasteiger partial charge in [0, 0.05) is 18.7 Å². The molecule has 4 nitrogen and oxygen atoms in total. The summed E-state index contributed by atoms with van der Waals surface area (Å²) in [5.41, 5.74) is 1.00. The summed E-state index contributed by atoms with van der Waals surface area (Å²) in [6.07, 6.45) is 0.550. The molecule has 2 aromatic carbocycles. The van der Waals surface area contributed by atoms with Crippen LogP contribution in [0.15, 0.2) is 42.5 Å². The fourth-order valence-electron chi connectivity index (χ4n) is 1.77. The molecule has 1 N–H and O–H groups in total. The molecule has 0 saturated heterocycles. The summed E-state index contributed by atoms with van der Waals surface area (Å²) in [6, 6.07) is 10.0. The summed E-state index contributed by atoms with van der Waals surface area (Å²) in [7, 11) is 0. The minimum absolute atomic E-state index is 0.0258. The number of hydrogen-bond acceptors (Lipinski definition) is 3. The van der Waals surface area contributed by atoms with Crippen molar-refractivity contribution in [3.8, 4) is 0 Å². The molecular weight excluding hydrogens is 266 g/mol. The molecule has 0 amide bonds. The maximum atomic E-state index is 13.4. The van der Waals surface area contributed by atoms with Gasteiger partial charge in [-0.05, 0) is 24.1 Å². The summed E-state index contributed by atoms with van der Waals surface area (Å²) in [6.45, 7) is 0.401. The highest BCUT2D eigenvalue weighted by Gasteiger charge is 2.07. The van der Waals surface area contributed by atoms with Gasteiger partial charge in [-0.25, -0.2) is 8.78 Å². The highest BCUT2D eigenvalue weighted by Crippen LogP contribution is 2.17. The molecule has 0 fully saturated rings. The first-order chi connectivity index (χ1) is 9.58. The maximum Gasteiger partial charge on any atom is 0.269 e. The van der Waals surface area contributed by atoms with E-state index in [0.29, 0.717) is 13.0 Å². The Kier molecular flexibility index (Phi) is 4.24. The molecule has 104 valence electrons. The van der Waals surface area contributed by atoms with Gasteiger partial charge in [-0.1, -0.05) is 18.2 Å². The van der Waals surface area contributed by atoms with Crippen molar-refractivity contribution < 1.29 is 13.7 Å². The van der Waals surface area contributed by atoms with Crippen molar-refractivity contribution >= 4 is 11.4 Å². The first kappa shape index (κ1) is 13.9. The van der Waals surface area contributed by atoms with Crippen LogP contribution in [0, 0.1) is 21.7 Å². The van der Waals surface area contributed by atoms with E-state index in [1.807, 2.05) is 0 Å². The molecular formula is C14H12F2N2O2. The quantitative estimate of drug-likeness (QED) is 0.672. The lowest BCUT2D eigenvalue weighted by Gasteiger charge is -2.07. The molecule has 6 heteroatoms. The van der Waals surface area contributed by atoms with Crippen LogP contribution in [0.3, 0.4) is 0 Å². The predicted octanol–water partition coefficient (Wildman–Crippen LogP) is 3.53. The van der Waals surface area contributed by atoms with Crippen LogP contribution in [0.25, 0.3) is 0 Å². The summed E-state index contributed by atoms with van der Waals surface area (Å²) in [4.78, 5) is 10.0. The van der Waals surface area contributed by atoms with Gasteiger partial charge in [-0.3, -0.25) is 10.1 Å². The van der Waals surface area contributed by atoms with Crippen molar-refractivity contribution in [1.29, 1.82) is 0 Å². The predicted molar refractivity (Wildman–Crippen MR) is 71.6 cm³/mol. The third-order valence-electron chi connectivity index (χ3n) is 2.83. The van der Waals surface area contributed by atoms with E-state index < -0.39 is 16.6 Å². The molecule has 0 saturated carbocycles. The molecule has 0 aromatic heterocycles. The topological polar surface area (TPSA) is 55.2 Å². The van der Waals surface area contributed by atoms with E-state index in [1.54, 1.807) is 12.1 Å². The van der Waals surface area contributed by atoms with Gasteiger partial charge in [0.25, 0.3) is 5.69 Å². The van der Waals surface area contributed by atoms with Crippen molar-refractivity contribution in [1.82, 2.24) is 0 Å². The Bertz CT molecular complexity index is 615. The van der Waals surface area contributed by atoms with Gasteiger partial charge in [0.15, 0.2) is 11.6 Å². The summed E-state index contributed by atoms with van der Waals surface area (Å²) < 4.78 is 26.3. The number of nitro groups is 1. The molecule has 0 aliphatic rings. The number of halogens is 2. The van der Waals surface area contributed by atoms with Crippen molar-refractivity contribution in [2.45, 2.75) is 6.42 Å². The largest absolute Gasteiger partial charge is 0.382 e. The zero-order chi connectivity index (χ0) is 14.5. The van der Waals surface area contributed by atoms with Gasteiger partial charge >= 0.3 is 0 Å². The standard InChI is InChI=1S/C14H12F2N2O2/c15-12-2-1-3-13(14(12)16)17-9-8-10-4-6-11(7-5-10)18(19)20/h1-7,17H,8-9H2. The zero-order valence-corrected chi connectivity index (χ0v) is 10.5. The number of anilines is 1. The number of rotatable bonds is 5. The van der Waals surface area contributed by atoms with Crippen LogP contribution in [0.4, 0.5) is 20.2 Å². The number of benzene rings is 2. The molecule has 0 unspecified atom stereocenters. The lowest BCUT2D eigenvalue weighted by Crippen LogP contribution is -2.07. The second-order valence-electron chi connectivity index (χ2n) is 4.20. The number of nitrogens with zero attached hydrogens (tertiary/aromatic N) is 1. The fraction of sp³-hybridized carbons (Fsp3) is 0.143. The Morgan fingerprint density at radius 2 is 1.80 bits per heavy atom. The van der Waals surface area contributed by atoms with Crippen LogP contribution >= 0.6 is 0 Å². The summed E-state index contributed by atoms with van der Waals surface area (Å²) in [5.74, 6) is -1.80. The molecule has 0 spiro atoms. The average molecular weight is 278 g/mol. The van der Waals surface area contributed by atoms with E-state index in [-0.39, 0.29) is 11.4 Å². The normalized spacial score (nSPS) is 10.3. The highest BCUT2D eigenvalue weighted by molar-refractivity contribution is 5.45. The molecule has 0 aliphatic heterocycles. The molecule has 2 rings (SSSR count). The Morgan fingerprint density at radius 3 is 2.45 bits per heavy atom. The summed E-state index contributed by atoms with van der Waals surface area (Å²) >= 11 is 0. The van der Waals surface area contributed by atoms with E-state index in [9.17, 15) is 18.9 Å². The van der Waals surface area contributed by atoms with E-state index in [2.05, 4.69) is 5.32 Å². The third kappa shape index (κ3) is 3.28. The first-order valence-electron chi connectivity index (χ1n) is 5.99. The minimum atomic E-state index is -0.906. The molecule has 0 bridgehead atoms. The number of nitro benzene ring substituents is 1. The van der Waals surface area contributed by atoms with Gasteiger partial charge in [0.05, 0.1) is 10.6 Å². The van der Waals surface area contributed by atoms with Crippen LogP contribution in [0.5, 0.6) is 0 Å². The van der Waals surface area contributed by atoms with Gasteiger partial charge in [0.1, 0.15) is 0 Å². The minimum Gasteiger partial charge on any atom is -0.382 e. The van der Waals surface area contributed by atoms with Crippen LogP contribution in [-0.2, 0) is 6.42 Å². The molecule has 20 heavy (non-hydrogen) atoms. The lowest BCUT2D eigenvalue weighted by atomic mass is 10.1. The zero-order valence-electron chi connectivity index (χ0n) is 10.5. The maximum absolute atomic E-state index is 13.4. The average Bonchev–Trinajstić information content (AvgIpc) is 2.44. The number of nitrogens with one attached hydrogen (secondary N) is 1. The number of hydrogen-bond donors (Lipinski definition) is 1. The van der Waals surface area contributed by atoms with Crippen molar-refractivity contribution in [3.63, 3.8) is 0 Å². The first-order valence-corrected chi connectivity index (χ1v) is 5.99. The number of non-ortho nitro benzene ring substituents is 1. The SMILES string of the molecule is O=[N+]([O-])c1ccc(CCNc2cccc(F)c2F)cc1. The second-order valence-corrected chi connectivity index (χ2v) is 4.20. The van der Waals surface area contributed by atoms with Crippen LogP contribution < -0.4 is 5.32 Å².